The van der Waals surface area contributed by atoms with E-state index in [9.17, 15) is 9.59 Å². The van der Waals surface area contributed by atoms with Crippen molar-refractivity contribution in [1.82, 2.24) is 5.32 Å². The summed E-state index contributed by atoms with van der Waals surface area (Å²) in [4.78, 5) is 20.7. The third kappa shape index (κ3) is 5.58. The molecule has 1 unspecified atom stereocenters. The van der Waals surface area contributed by atoms with E-state index in [1.165, 1.54) is 6.92 Å². The summed E-state index contributed by atoms with van der Waals surface area (Å²) >= 11 is 0. The van der Waals surface area contributed by atoms with Crippen molar-refractivity contribution < 1.29 is 9.59 Å². The molecule has 11 heavy (non-hydrogen) atoms. The first-order valence-electron chi connectivity index (χ1n) is 3.71. The monoisotopic (exact) mass is 156 g/mol. The minimum atomic E-state index is -0.438. The highest BCUT2D eigenvalue weighted by Gasteiger charge is 2.10. The summed E-state index contributed by atoms with van der Waals surface area (Å²) in [5, 5.41) is 2.50. The van der Waals surface area contributed by atoms with Crippen molar-refractivity contribution in [2.45, 2.75) is 33.2 Å². The number of amides is 1. The highest BCUT2D eigenvalue weighted by Crippen LogP contribution is 2.02. The van der Waals surface area contributed by atoms with E-state index in [0.29, 0.717) is 12.3 Å². The van der Waals surface area contributed by atoms with Crippen LogP contribution < -0.4 is 5.32 Å². The van der Waals surface area contributed by atoms with Crippen molar-refractivity contribution in [2.75, 3.05) is 0 Å². The number of carbonyl (C=O) groups excluding carboxylic acids is 2. The van der Waals surface area contributed by atoms with E-state index in [1.807, 2.05) is 13.8 Å². The van der Waals surface area contributed by atoms with E-state index in [1.54, 1.807) is 6.29 Å². The van der Waals surface area contributed by atoms with Crippen LogP contribution in [0.4, 0.5) is 0 Å². The molecule has 0 aromatic carbocycles. The van der Waals surface area contributed by atoms with Gasteiger partial charge in [0.2, 0.25) is 12.2 Å². The van der Waals surface area contributed by atoms with Gasteiger partial charge in [0.1, 0.15) is 0 Å². The molecule has 0 rings (SSSR count). The summed E-state index contributed by atoms with van der Waals surface area (Å²) < 4.78 is 0. The fraction of sp³-hybridized carbons (Fsp3) is 0.750. The normalized spacial score (nSPS) is 12.7. The van der Waals surface area contributed by atoms with Crippen LogP contribution >= 0.6 is 0 Å². The second-order valence-corrected chi connectivity index (χ2v) is 3.00. The molecule has 1 radical (unpaired) electrons. The Balaban J connectivity index is 3.76. The molecule has 1 amide bonds. The fourth-order valence-electron chi connectivity index (χ4n) is 0.853. The van der Waals surface area contributed by atoms with Gasteiger partial charge >= 0.3 is 0 Å². The van der Waals surface area contributed by atoms with Crippen molar-refractivity contribution in [3.05, 3.63) is 0 Å². The average Bonchev–Trinajstić information content (AvgIpc) is 1.84. The Bertz CT molecular complexity index is 143. The topological polar surface area (TPSA) is 46.2 Å². The first kappa shape index (κ1) is 10.1. The third-order valence-corrected chi connectivity index (χ3v) is 1.23. The molecule has 0 saturated carbocycles. The molecule has 63 valence electrons. The predicted molar refractivity (Wildman–Crippen MR) is 42.8 cm³/mol. The lowest BCUT2D eigenvalue weighted by Gasteiger charge is -2.11. The van der Waals surface area contributed by atoms with E-state index in [2.05, 4.69) is 5.32 Å². The number of rotatable bonds is 4. The maximum atomic E-state index is 10.5. The molecule has 0 spiro atoms. The van der Waals surface area contributed by atoms with E-state index < -0.39 is 6.04 Å². The Morgan fingerprint density at radius 3 is 2.36 bits per heavy atom. The average molecular weight is 156 g/mol. The van der Waals surface area contributed by atoms with Crippen LogP contribution in [-0.4, -0.2) is 18.2 Å². The summed E-state index contributed by atoms with van der Waals surface area (Å²) in [5.41, 5.74) is 0. The van der Waals surface area contributed by atoms with Crippen molar-refractivity contribution in [3.63, 3.8) is 0 Å². The van der Waals surface area contributed by atoms with Crippen LogP contribution in [0.25, 0.3) is 0 Å². The van der Waals surface area contributed by atoms with Gasteiger partial charge in [-0.2, -0.15) is 0 Å². The second kappa shape index (κ2) is 4.88. The SMILES string of the molecule is CC(=O)NC([C]=O)CC(C)C. The van der Waals surface area contributed by atoms with Gasteiger partial charge in [0, 0.05) is 6.92 Å². The first-order valence-corrected chi connectivity index (χ1v) is 3.71. The summed E-state index contributed by atoms with van der Waals surface area (Å²) in [6.07, 6.45) is 2.44. The third-order valence-electron chi connectivity index (χ3n) is 1.23. The van der Waals surface area contributed by atoms with Gasteiger partial charge in [-0.1, -0.05) is 13.8 Å². The zero-order valence-electron chi connectivity index (χ0n) is 7.18. The van der Waals surface area contributed by atoms with Gasteiger partial charge in [0.15, 0.2) is 0 Å². The van der Waals surface area contributed by atoms with E-state index >= 15 is 0 Å². The minimum Gasteiger partial charge on any atom is -0.346 e. The number of nitrogens with one attached hydrogen (secondary N) is 1. The highest BCUT2D eigenvalue weighted by atomic mass is 16.2. The van der Waals surface area contributed by atoms with Crippen molar-refractivity contribution in [2.24, 2.45) is 5.92 Å². The van der Waals surface area contributed by atoms with E-state index in [-0.39, 0.29) is 5.91 Å². The van der Waals surface area contributed by atoms with Gasteiger partial charge in [0.05, 0.1) is 6.04 Å². The summed E-state index contributed by atoms with van der Waals surface area (Å²) in [5.74, 6) is 0.215. The van der Waals surface area contributed by atoms with Crippen LogP contribution in [0, 0.1) is 5.92 Å². The summed E-state index contributed by atoms with van der Waals surface area (Å²) in [6.45, 7) is 5.38. The minimum absolute atomic E-state index is 0.181. The largest absolute Gasteiger partial charge is 0.346 e. The smallest absolute Gasteiger partial charge is 0.222 e. The van der Waals surface area contributed by atoms with E-state index in [0.717, 1.165) is 0 Å². The maximum absolute atomic E-state index is 10.5. The molecule has 0 aromatic heterocycles. The molecule has 0 saturated heterocycles. The van der Waals surface area contributed by atoms with Crippen molar-refractivity contribution in [3.8, 4) is 0 Å². The lowest BCUT2D eigenvalue weighted by Crippen LogP contribution is -2.35. The van der Waals surface area contributed by atoms with Crippen LogP contribution in [-0.2, 0) is 9.59 Å². The molecule has 3 heteroatoms. The Hall–Kier alpha value is -0.860. The van der Waals surface area contributed by atoms with Crippen molar-refractivity contribution >= 4 is 12.2 Å². The van der Waals surface area contributed by atoms with Crippen LogP contribution in [0.2, 0.25) is 0 Å². The van der Waals surface area contributed by atoms with Crippen LogP contribution in [0.3, 0.4) is 0 Å². The number of hydrogen-bond donors (Lipinski definition) is 1. The zero-order chi connectivity index (χ0) is 8.85. The Kier molecular flexibility index (Phi) is 4.50. The molecule has 0 aromatic rings. The molecule has 1 N–H and O–H groups in total. The van der Waals surface area contributed by atoms with Gasteiger partial charge in [-0.15, -0.1) is 0 Å². The van der Waals surface area contributed by atoms with Crippen LogP contribution in [0.15, 0.2) is 0 Å². The number of carbonyl (C=O) groups is 1. The van der Waals surface area contributed by atoms with Crippen LogP contribution in [0.5, 0.6) is 0 Å². The fourth-order valence-corrected chi connectivity index (χ4v) is 0.853. The molecule has 0 aliphatic rings. The Morgan fingerprint density at radius 2 is 2.09 bits per heavy atom. The summed E-state index contributed by atoms with van der Waals surface area (Å²) in [6, 6.07) is -0.438. The van der Waals surface area contributed by atoms with E-state index in [4.69, 9.17) is 0 Å². The van der Waals surface area contributed by atoms with Crippen LogP contribution in [0.1, 0.15) is 27.2 Å². The molecule has 0 heterocycles. The predicted octanol–water partition coefficient (Wildman–Crippen LogP) is 0.647. The molecule has 0 fully saturated rings. The molecular weight excluding hydrogens is 142 g/mol. The molecule has 1 atom stereocenters. The molecule has 0 bridgehead atoms. The van der Waals surface area contributed by atoms with Gasteiger partial charge in [-0.3, -0.25) is 9.59 Å². The summed E-state index contributed by atoms with van der Waals surface area (Å²) in [7, 11) is 0. The van der Waals surface area contributed by atoms with Gasteiger partial charge in [-0.05, 0) is 12.3 Å². The lowest BCUT2D eigenvalue weighted by atomic mass is 10.1. The Morgan fingerprint density at radius 1 is 1.55 bits per heavy atom. The van der Waals surface area contributed by atoms with Crippen molar-refractivity contribution in [1.29, 1.82) is 0 Å². The first-order chi connectivity index (χ1) is 5.06. The second-order valence-electron chi connectivity index (χ2n) is 3.00. The molecule has 0 aliphatic heterocycles. The molecular formula is C8H14NO2. The Labute approximate surface area is 67.2 Å². The standard InChI is InChI=1S/C8H14NO2/c1-6(2)4-8(5-10)9-7(3)11/h6,8H,4H2,1-3H3,(H,9,11). The number of hydrogen-bond acceptors (Lipinski definition) is 2. The molecule has 3 nitrogen and oxygen atoms in total. The lowest BCUT2D eigenvalue weighted by molar-refractivity contribution is -0.119. The van der Waals surface area contributed by atoms with Gasteiger partial charge in [0.25, 0.3) is 0 Å². The zero-order valence-corrected chi connectivity index (χ0v) is 7.18. The highest BCUT2D eigenvalue weighted by molar-refractivity contribution is 5.77. The molecule has 0 aliphatic carbocycles. The quantitative estimate of drug-likeness (QED) is 0.649. The van der Waals surface area contributed by atoms with Gasteiger partial charge in [-0.25, -0.2) is 0 Å². The van der Waals surface area contributed by atoms with Gasteiger partial charge < -0.3 is 5.32 Å². The maximum Gasteiger partial charge on any atom is 0.222 e.